The first-order valence-corrected chi connectivity index (χ1v) is 4.17. The van der Waals surface area contributed by atoms with E-state index in [0.29, 0.717) is 5.69 Å². The predicted molar refractivity (Wildman–Crippen MR) is 50.3 cm³/mol. The number of Topliss-reactive ketones (excluding diaryl/α,β-unsaturated/α-hetero) is 1. The molecule has 0 atom stereocenters. The molecule has 0 N–H and O–H groups in total. The molecule has 1 aromatic rings. The topological polar surface area (TPSA) is 73.1 Å². The van der Waals surface area contributed by atoms with Crippen molar-refractivity contribution in [3.8, 4) is 0 Å². The monoisotopic (exact) mass is 214 g/mol. The molecule has 0 fully saturated rings. The van der Waals surface area contributed by atoms with Crippen LogP contribution in [0.1, 0.15) is 12.6 Å². The van der Waals surface area contributed by atoms with Crippen LogP contribution >= 0.6 is 11.6 Å². The number of ketones is 1. The molecule has 0 aromatic carbocycles. The second-order valence-corrected chi connectivity index (χ2v) is 3.11. The maximum Gasteiger partial charge on any atom is 0.306 e. The standard InChI is InChI=1S/C8H7ClN2O3/c1-5(12)4-6-2-3-7(11(13)14)8(9)10-6/h2-3H,4H2,1H3. The quantitative estimate of drug-likeness (QED) is 0.437. The zero-order valence-corrected chi connectivity index (χ0v) is 8.11. The summed E-state index contributed by atoms with van der Waals surface area (Å²) in [5, 5.41) is 10.2. The number of carbonyl (C=O) groups is 1. The number of aromatic nitrogens is 1. The molecule has 1 rings (SSSR count). The van der Waals surface area contributed by atoms with Crippen LogP contribution in [0, 0.1) is 10.1 Å². The zero-order valence-electron chi connectivity index (χ0n) is 7.36. The van der Waals surface area contributed by atoms with E-state index in [-0.39, 0.29) is 23.0 Å². The Morgan fingerprint density at radius 2 is 2.29 bits per heavy atom. The summed E-state index contributed by atoms with van der Waals surface area (Å²) >= 11 is 5.54. The van der Waals surface area contributed by atoms with E-state index in [1.54, 1.807) is 0 Å². The van der Waals surface area contributed by atoms with Crippen LogP contribution in [0.5, 0.6) is 0 Å². The summed E-state index contributed by atoms with van der Waals surface area (Å²) in [7, 11) is 0. The van der Waals surface area contributed by atoms with Crippen LogP contribution in [-0.2, 0) is 11.2 Å². The van der Waals surface area contributed by atoms with Crippen molar-refractivity contribution in [1.82, 2.24) is 4.98 Å². The number of hydrogen-bond donors (Lipinski definition) is 0. The number of hydrogen-bond acceptors (Lipinski definition) is 4. The molecule has 0 radical (unpaired) electrons. The van der Waals surface area contributed by atoms with E-state index in [9.17, 15) is 14.9 Å². The van der Waals surface area contributed by atoms with Crippen LogP contribution in [0.4, 0.5) is 5.69 Å². The van der Waals surface area contributed by atoms with Crippen molar-refractivity contribution in [1.29, 1.82) is 0 Å². The lowest BCUT2D eigenvalue weighted by Gasteiger charge is -1.98. The van der Waals surface area contributed by atoms with E-state index < -0.39 is 4.92 Å². The van der Waals surface area contributed by atoms with E-state index >= 15 is 0 Å². The van der Waals surface area contributed by atoms with Crippen molar-refractivity contribution in [2.75, 3.05) is 0 Å². The highest BCUT2D eigenvalue weighted by Crippen LogP contribution is 2.21. The number of nitrogens with zero attached hydrogens (tertiary/aromatic N) is 2. The van der Waals surface area contributed by atoms with Gasteiger partial charge in [0.05, 0.1) is 10.6 Å². The maximum atomic E-state index is 10.7. The largest absolute Gasteiger partial charge is 0.306 e. The molecule has 0 spiro atoms. The highest BCUT2D eigenvalue weighted by Gasteiger charge is 2.13. The minimum Gasteiger partial charge on any atom is -0.300 e. The molecule has 5 nitrogen and oxygen atoms in total. The molecule has 0 aliphatic heterocycles. The third-order valence-corrected chi connectivity index (χ3v) is 1.79. The number of pyridine rings is 1. The Balaban J connectivity index is 3.00. The predicted octanol–water partition coefficient (Wildman–Crippen LogP) is 1.77. The summed E-state index contributed by atoms with van der Waals surface area (Å²) in [6.45, 7) is 1.41. The van der Waals surface area contributed by atoms with Crippen LogP contribution in [-0.4, -0.2) is 15.7 Å². The number of nitro groups is 1. The molecular formula is C8H7ClN2O3. The lowest BCUT2D eigenvalue weighted by atomic mass is 10.2. The van der Waals surface area contributed by atoms with Crippen molar-refractivity contribution in [2.24, 2.45) is 0 Å². The van der Waals surface area contributed by atoms with Gasteiger partial charge in [0.2, 0.25) is 5.15 Å². The lowest BCUT2D eigenvalue weighted by Crippen LogP contribution is -2.00. The van der Waals surface area contributed by atoms with Gasteiger partial charge in [-0.1, -0.05) is 11.6 Å². The smallest absolute Gasteiger partial charge is 0.300 e. The molecule has 14 heavy (non-hydrogen) atoms. The molecule has 0 aliphatic carbocycles. The highest BCUT2D eigenvalue weighted by atomic mass is 35.5. The molecule has 0 bridgehead atoms. The van der Waals surface area contributed by atoms with E-state index in [1.165, 1.54) is 19.1 Å². The van der Waals surface area contributed by atoms with E-state index in [1.807, 2.05) is 0 Å². The summed E-state index contributed by atoms with van der Waals surface area (Å²) in [6, 6.07) is 2.67. The fourth-order valence-corrected chi connectivity index (χ4v) is 1.19. The second-order valence-electron chi connectivity index (χ2n) is 2.75. The fraction of sp³-hybridized carbons (Fsp3) is 0.250. The fourth-order valence-electron chi connectivity index (χ4n) is 0.954. The lowest BCUT2D eigenvalue weighted by molar-refractivity contribution is -0.385. The molecule has 1 heterocycles. The van der Waals surface area contributed by atoms with Gasteiger partial charge in [0.15, 0.2) is 0 Å². The summed E-state index contributed by atoms with van der Waals surface area (Å²) in [4.78, 5) is 24.2. The maximum absolute atomic E-state index is 10.7. The van der Waals surface area contributed by atoms with Gasteiger partial charge in [0.1, 0.15) is 5.78 Å². The third-order valence-electron chi connectivity index (χ3n) is 1.51. The van der Waals surface area contributed by atoms with Crippen LogP contribution in [0.25, 0.3) is 0 Å². The molecule has 6 heteroatoms. The van der Waals surface area contributed by atoms with Crippen molar-refractivity contribution in [2.45, 2.75) is 13.3 Å². The molecular weight excluding hydrogens is 208 g/mol. The zero-order chi connectivity index (χ0) is 10.7. The van der Waals surface area contributed by atoms with Crippen LogP contribution < -0.4 is 0 Å². The molecule has 0 unspecified atom stereocenters. The first kappa shape index (κ1) is 10.6. The summed E-state index contributed by atoms with van der Waals surface area (Å²) in [5.41, 5.74) is 0.187. The van der Waals surface area contributed by atoms with Crippen molar-refractivity contribution < 1.29 is 9.72 Å². The highest BCUT2D eigenvalue weighted by molar-refractivity contribution is 6.31. The van der Waals surface area contributed by atoms with Gasteiger partial charge in [0, 0.05) is 12.5 Å². The van der Waals surface area contributed by atoms with Gasteiger partial charge in [-0.15, -0.1) is 0 Å². The van der Waals surface area contributed by atoms with Crippen LogP contribution in [0.2, 0.25) is 5.15 Å². The van der Waals surface area contributed by atoms with Gasteiger partial charge < -0.3 is 0 Å². The Labute approximate surface area is 84.9 Å². The van der Waals surface area contributed by atoms with Gasteiger partial charge in [-0.3, -0.25) is 14.9 Å². The number of carbonyl (C=O) groups excluding carboxylic acids is 1. The molecule has 0 saturated carbocycles. The number of halogens is 1. The second kappa shape index (κ2) is 4.15. The van der Waals surface area contributed by atoms with E-state index in [2.05, 4.69) is 4.98 Å². The Hall–Kier alpha value is -1.49. The summed E-state index contributed by atoms with van der Waals surface area (Å²) < 4.78 is 0. The number of rotatable bonds is 3. The van der Waals surface area contributed by atoms with Crippen molar-refractivity contribution in [3.63, 3.8) is 0 Å². The van der Waals surface area contributed by atoms with Crippen molar-refractivity contribution in [3.05, 3.63) is 33.1 Å². The first-order chi connectivity index (χ1) is 6.50. The molecule has 74 valence electrons. The average molecular weight is 215 g/mol. The van der Waals surface area contributed by atoms with Gasteiger partial charge in [0.25, 0.3) is 0 Å². The van der Waals surface area contributed by atoms with Gasteiger partial charge in [-0.05, 0) is 13.0 Å². The third kappa shape index (κ3) is 2.50. The SMILES string of the molecule is CC(=O)Cc1ccc([N+](=O)[O-])c(Cl)n1. The Kier molecular flexibility index (Phi) is 3.14. The average Bonchev–Trinajstić information content (AvgIpc) is 2.01. The van der Waals surface area contributed by atoms with Gasteiger partial charge in [-0.25, -0.2) is 4.98 Å². The Morgan fingerprint density at radius 1 is 1.64 bits per heavy atom. The minimum atomic E-state index is -0.618. The molecule has 0 amide bonds. The Bertz CT molecular complexity index is 392. The van der Waals surface area contributed by atoms with Crippen LogP contribution in [0.3, 0.4) is 0 Å². The van der Waals surface area contributed by atoms with E-state index in [4.69, 9.17) is 11.6 Å². The van der Waals surface area contributed by atoms with Crippen LogP contribution in [0.15, 0.2) is 12.1 Å². The van der Waals surface area contributed by atoms with E-state index in [0.717, 1.165) is 0 Å². The molecule has 0 saturated heterocycles. The first-order valence-electron chi connectivity index (χ1n) is 3.80. The van der Waals surface area contributed by atoms with Gasteiger partial charge >= 0.3 is 5.69 Å². The normalized spacial score (nSPS) is 9.86. The summed E-state index contributed by atoms with van der Waals surface area (Å²) in [5.74, 6) is -0.0672. The van der Waals surface area contributed by atoms with Gasteiger partial charge in [-0.2, -0.15) is 0 Å². The molecule has 1 aromatic heterocycles. The minimum absolute atomic E-state index is 0.0672. The summed E-state index contributed by atoms with van der Waals surface area (Å²) in [6.07, 6.45) is 0.137. The molecule has 0 aliphatic rings. The Morgan fingerprint density at radius 3 is 2.71 bits per heavy atom. The van der Waals surface area contributed by atoms with Crippen molar-refractivity contribution >= 4 is 23.1 Å².